The van der Waals surface area contributed by atoms with Gasteiger partial charge in [-0.2, -0.15) is 8.42 Å². The molecule has 0 aliphatic heterocycles. The van der Waals surface area contributed by atoms with Crippen LogP contribution in [-0.2, 0) is 23.0 Å². The van der Waals surface area contributed by atoms with Crippen molar-refractivity contribution in [3.05, 3.63) is 41.5 Å². The van der Waals surface area contributed by atoms with Crippen LogP contribution in [0.1, 0.15) is 115 Å². The third-order valence-electron chi connectivity index (χ3n) is 6.53. The molecule has 2 rings (SSSR count). The van der Waals surface area contributed by atoms with Crippen molar-refractivity contribution in [2.45, 2.75) is 121 Å². The Morgan fingerprint density at radius 1 is 0.697 bits per heavy atom. The maximum atomic E-state index is 12.5. The van der Waals surface area contributed by atoms with E-state index in [1.54, 1.807) is 0 Å². The molecule has 0 aliphatic carbocycles. The Kier molecular flexibility index (Phi) is 16.2. The normalized spacial score (nSPS) is 11.6. The standard InChI is InChI=1S/C28H44O3S.Ca.2H/c1-3-5-7-9-11-13-15-19-24-23-25-20-17-18-22-27(25)28(32(29,30)31)26(24)21-16-14-12-10-8-6-4-2;;;/h17-18,20,22-23H,3-16,19,21H2,1-2H3,(H,29,30,31);;;. The molecule has 0 spiro atoms. The zero-order valence-corrected chi connectivity index (χ0v) is 21.2. The van der Waals surface area contributed by atoms with Gasteiger partial charge in [0, 0.05) is 5.39 Å². The second-order valence-electron chi connectivity index (χ2n) is 9.28. The molecule has 184 valence electrons. The van der Waals surface area contributed by atoms with Crippen LogP contribution in [0.25, 0.3) is 10.8 Å². The second kappa shape index (κ2) is 17.3. The topological polar surface area (TPSA) is 54.4 Å². The minimum absolute atomic E-state index is 0. The van der Waals surface area contributed by atoms with Crippen LogP contribution >= 0.6 is 0 Å². The predicted octanol–water partition coefficient (Wildman–Crippen LogP) is 7.76. The molecule has 5 heteroatoms. The van der Waals surface area contributed by atoms with E-state index >= 15 is 0 Å². The molecule has 0 bridgehead atoms. The summed E-state index contributed by atoms with van der Waals surface area (Å²) in [6.45, 7) is 4.46. The summed E-state index contributed by atoms with van der Waals surface area (Å²) in [5, 5.41) is 1.55. The van der Waals surface area contributed by atoms with Gasteiger partial charge in [0.1, 0.15) is 4.90 Å². The Morgan fingerprint density at radius 3 is 1.73 bits per heavy atom. The molecular weight excluding hydrogens is 456 g/mol. The van der Waals surface area contributed by atoms with Gasteiger partial charge in [-0.1, -0.05) is 121 Å². The summed E-state index contributed by atoms with van der Waals surface area (Å²) in [6.07, 6.45) is 18.6. The number of benzene rings is 2. The Labute approximate surface area is 232 Å². The van der Waals surface area contributed by atoms with Crippen molar-refractivity contribution in [1.82, 2.24) is 0 Å². The van der Waals surface area contributed by atoms with Gasteiger partial charge in [-0.05, 0) is 42.2 Å². The fourth-order valence-electron chi connectivity index (χ4n) is 4.74. The first-order valence-corrected chi connectivity index (χ1v) is 14.4. The molecule has 0 heterocycles. The molecule has 0 aromatic heterocycles. The van der Waals surface area contributed by atoms with Crippen LogP contribution in [-0.4, -0.2) is 50.7 Å². The Bertz CT molecular complexity index is 909. The fourth-order valence-corrected chi connectivity index (χ4v) is 5.74. The number of rotatable bonds is 17. The fraction of sp³-hybridized carbons (Fsp3) is 0.643. The van der Waals surface area contributed by atoms with Gasteiger partial charge in [0.15, 0.2) is 0 Å². The molecule has 2 aromatic carbocycles. The summed E-state index contributed by atoms with van der Waals surface area (Å²) in [7, 11) is -4.28. The molecule has 0 saturated carbocycles. The summed E-state index contributed by atoms with van der Waals surface area (Å²) >= 11 is 0. The molecule has 2 aromatic rings. The van der Waals surface area contributed by atoms with Crippen molar-refractivity contribution >= 4 is 58.6 Å². The van der Waals surface area contributed by atoms with E-state index < -0.39 is 10.1 Å². The summed E-state index contributed by atoms with van der Waals surface area (Å²) < 4.78 is 35.1. The Morgan fingerprint density at radius 2 is 1.18 bits per heavy atom. The number of hydrogen-bond donors (Lipinski definition) is 1. The van der Waals surface area contributed by atoms with E-state index in [-0.39, 0.29) is 42.6 Å². The molecule has 3 nitrogen and oxygen atoms in total. The van der Waals surface area contributed by atoms with Crippen LogP contribution in [0.5, 0.6) is 0 Å². The van der Waals surface area contributed by atoms with E-state index in [0.29, 0.717) is 5.39 Å². The summed E-state index contributed by atoms with van der Waals surface area (Å²) in [5.41, 5.74) is 1.96. The van der Waals surface area contributed by atoms with Gasteiger partial charge in [-0.25, -0.2) is 0 Å². The van der Waals surface area contributed by atoms with Crippen LogP contribution < -0.4 is 0 Å². The van der Waals surface area contributed by atoms with E-state index in [0.717, 1.165) is 48.6 Å². The monoisotopic (exact) mass is 502 g/mol. The van der Waals surface area contributed by atoms with Crippen LogP contribution in [0.15, 0.2) is 35.2 Å². The van der Waals surface area contributed by atoms with Gasteiger partial charge >= 0.3 is 37.7 Å². The first kappa shape index (κ1) is 30.9. The van der Waals surface area contributed by atoms with E-state index in [9.17, 15) is 13.0 Å². The minimum atomic E-state index is -4.28. The van der Waals surface area contributed by atoms with Gasteiger partial charge in [-0.3, -0.25) is 4.55 Å². The van der Waals surface area contributed by atoms with Crippen molar-refractivity contribution in [3.8, 4) is 0 Å². The summed E-state index contributed by atoms with van der Waals surface area (Å²) in [5.74, 6) is 0. The predicted molar refractivity (Wildman–Crippen MR) is 146 cm³/mol. The van der Waals surface area contributed by atoms with Crippen molar-refractivity contribution < 1.29 is 13.0 Å². The van der Waals surface area contributed by atoms with Crippen LogP contribution in [0.4, 0.5) is 0 Å². The molecule has 0 aliphatic rings. The molecule has 0 unspecified atom stereocenters. The average Bonchev–Trinajstić information content (AvgIpc) is 2.76. The van der Waals surface area contributed by atoms with Crippen molar-refractivity contribution in [2.24, 2.45) is 0 Å². The Balaban J connectivity index is 0.00000544. The van der Waals surface area contributed by atoms with Crippen LogP contribution in [0.2, 0.25) is 0 Å². The third-order valence-corrected chi connectivity index (χ3v) is 7.52. The van der Waals surface area contributed by atoms with Crippen molar-refractivity contribution in [1.29, 1.82) is 0 Å². The van der Waals surface area contributed by atoms with Gasteiger partial charge in [0.25, 0.3) is 10.1 Å². The first-order valence-electron chi connectivity index (χ1n) is 13.0. The molecule has 0 amide bonds. The number of hydrogen-bond acceptors (Lipinski definition) is 2. The van der Waals surface area contributed by atoms with E-state index in [1.807, 2.05) is 24.3 Å². The van der Waals surface area contributed by atoms with Crippen molar-refractivity contribution in [2.75, 3.05) is 0 Å². The van der Waals surface area contributed by atoms with E-state index in [4.69, 9.17) is 0 Å². The molecule has 0 fully saturated rings. The number of aryl methyl sites for hydroxylation is 1. The van der Waals surface area contributed by atoms with E-state index in [2.05, 4.69) is 19.9 Å². The quantitative estimate of drug-likeness (QED) is 0.137. The maximum absolute atomic E-state index is 12.5. The zero-order chi connectivity index (χ0) is 23.2. The average molecular weight is 503 g/mol. The molecule has 1 N–H and O–H groups in total. The summed E-state index contributed by atoms with van der Waals surface area (Å²) in [6, 6.07) is 9.73. The number of fused-ring (bicyclic) bond motifs is 1. The summed E-state index contributed by atoms with van der Waals surface area (Å²) in [4.78, 5) is 0.152. The SMILES string of the molecule is CCCCCCCCCc1cc2ccccc2c(S(=O)(=O)O)c1CCCCCCCCC.[CaH2]. The van der Waals surface area contributed by atoms with Crippen molar-refractivity contribution in [3.63, 3.8) is 0 Å². The molecule has 33 heavy (non-hydrogen) atoms. The third kappa shape index (κ3) is 11.0. The van der Waals surface area contributed by atoms with Gasteiger partial charge in [0.2, 0.25) is 0 Å². The number of unbranched alkanes of at least 4 members (excludes halogenated alkanes) is 12. The van der Waals surface area contributed by atoms with Crippen LogP contribution in [0, 0.1) is 0 Å². The van der Waals surface area contributed by atoms with Gasteiger partial charge in [-0.15, -0.1) is 0 Å². The zero-order valence-electron chi connectivity index (χ0n) is 20.4. The molecular formula is C28H46CaO3S. The molecule has 0 radical (unpaired) electrons. The first-order chi connectivity index (χ1) is 15.5. The van der Waals surface area contributed by atoms with Crippen LogP contribution in [0.3, 0.4) is 0 Å². The Hall–Kier alpha value is -0.130. The van der Waals surface area contributed by atoms with E-state index in [1.165, 1.54) is 70.6 Å². The molecule has 0 saturated heterocycles. The van der Waals surface area contributed by atoms with Gasteiger partial charge < -0.3 is 0 Å². The van der Waals surface area contributed by atoms with Gasteiger partial charge in [0.05, 0.1) is 0 Å². The second-order valence-corrected chi connectivity index (χ2v) is 10.6. The molecule has 0 atom stereocenters.